The largest absolute Gasteiger partial charge is 0.315 e. The average molecular weight is 214 g/mol. The first-order valence-electron chi connectivity index (χ1n) is 6.57. The molecule has 1 aliphatic rings. The Bertz CT molecular complexity index is 127. The van der Waals surface area contributed by atoms with Gasteiger partial charge in [0, 0.05) is 19.1 Å². The van der Waals surface area contributed by atoms with Crippen LogP contribution in [0.15, 0.2) is 0 Å². The van der Waals surface area contributed by atoms with Gasteiger partial charge in [-0.2, -0.15) is 0 Å². The molecule has 2 nitrogen and oxygen atoms in total. The summed E-state index contributed by atoms with van der Waals surface area (Å²) < 4.78 is 0. The smallest absolute Gasteiger partial charge is 0.0133 e. The van der Waals surface area contributed by atoms with Crippen LogP contribution in [0.3, 0.4) is 0 Å². The number of hydrogen-bond donors (Lipinski definition) is 2. The van der Waals surface area contributed by atoms with Gasteiger partial charge >= 0.3 is 0 Å². The van der Waals surface area contributed by atoms with Crippen LogP contribution in [0.25, 0.3) is 0 Å². The first-order chi connectivity index (χ1) is 7.13. The van der Waals surface area contributed by atoms with Crippen molar-refractivity contribution in [3.8, 4) is 0 Å². The van der Waals surface area contributed by atoms with E-state index in [1.54, 1.807) is 0 Å². The third-order valence-corrected chi connectivity index (χ3v) is 3.10. The van der Waals surface area contributed by atoms with E-state index >= 15 is 0 Å². The molecule has 1 fully saturated rings. The molecule has 0 aromatic rings. The van der Waals surface area contributed by atoms with Crippen molar-refractivity contribution in [2.45, 2.75) is 47.6 Å². The summed E-state index contributed by atoms with van der Waals surface area (Å²) >= 11 is 0. The fourth-order valence-corrected chi connectivity index (χ4v) is 2.25. The van der Waals surface area contributed by atoms with Crippen molar-refractivity contribution >= 4 is 0 Å². The highest BCUT2D eigenvalue weighted by Crippen LogP contribution is 2.21. The Kier molecular flexibility index (Phi) is 8.07. The molecule has 0 amide bonds. The Morgan fingerprint density at radius 2 is 1.53 bits per heavy atom. The molecule has 0 aliphatic carbocycles. The minimum absolute atomic E-state index is 0.690. The Labute approximate surface area is 96.2 Å². The summed E-state index contributed by atoms with van der Waals surface area (Å²) in [7, 11) is 0. The molecule has 2 heteroatoms. The van der Waals surface area contributed by atoms with Gasteiger partial charge in [0.15, 0.2) is 0 Å². The van der Waals surface area contributed by atoms with E-state index in [0.29, 0.717) is 6.04 Å². The first-order valence-corrected chi connectivity index (χ1v) is 6.57. The van der Waals surface area contributed by atoms with Crippen molar-refractivity contribution in [1.82, 2.24) is 10.6 Å². The maximum absolute atomic E-state index is 3.65. The average Bonchev–Trinajstić information content (AvgIpc) is 2.45. The highest BCUT2D eigenvalue weighted by atomic mass is 15.0. The summed E-state index contributed by atoms with van der Waals surface area (Å²) in [5.74, 6) is 2.29. The van der Waals surface area contributed by atoms with Crippen LogP contribution in [0.2, 0.25) is 0 Å². The zero-order valence-corrected chi connectivity index (χ0v) is 11.4. The molecule has 1 saturated heterocycles. The summed E-state index contributed by atoms with van der Waals surface area (Å²) in [6.45, 7) is 16.7. The highest BCUT2D eigenvalue weighted by molar-refractivity contribution is 4.85. The highest BCUT2D eigenvalue weighted by Gasteiger charge is 2.27. The molecule has 2 N–H and O–H groups in total. The predicted molar refractivity (Wildman–Crippen MR) is 69.2 cm³/mol. The summed E-state index contributed by atoms with van der Waals surface area (Å²) in [6, 6.07) is 0.690. The van der Waals surface area contributed by atoms with Crippen molar-refractivity contribution in [3.05, 3.63) is 0 Å². The van der Waals surface area contributed by atoms with Gasteiger partial charge in [0.25, 0.3) is 0 Å². The lowest BCUT2D eigenvalue weighted by atomic mass is 9.83. The Morgan fingerprint density at radius 3 is 2.00 bits per heavy atom. The van der Waals surface area contributed by atoms with E-state index < -0.39 is 0 Å². The van der Waals surface area contributed by atoms with Gasteiger partial charge in [-0.1, -0.05) is 41.5 Å². The normalized spacial score (nSPS) is 27.2. The molecule has 92 valence electrons. The fourth-order valence-electron chi connectivity index (χ4n) is 2.25. The number of nitrogens with one attached hydrogen (secondary N) is 2. The van der Waals surface area contributed by atoms with Crippen LogP contribution in [-0.4, -0.2) is 25.7 Å². The van der Waals surface area contributed by atoms with Crippen molar-refractivity contribution in [3.63, 3.8) is 0 Å². The van der Waals surface area contributed by atoms with Crippen molar-refractivity contribution < 1.29 is 0 Å². The second kappa shape index (κ2) is 8.12. The molecule has 15 heavy (non-hydrogen) atoms. The fraction of sp³-hybridized carbons (Fsp3) is 1.00. The van der Waals surface area contributed by atoms with E-state index in [0.717, 1.165) is 30.8 Å². The van der Waals surface area contributed by atoms with E-state index in [2.05, 4.69) is 38.3 Å². The SMILES string of the molecule is CC.CC(C)C1CNCCNC1C(C)C. The zero-order valence-electron chi connectivity index (χ0n) is 11.4. The molecule has 1 aliphatic heterocycles. The second-order valence-electron chi connectivity index (χ2n) is 4.84. The van der Waals surface area contributed by atoms with Gasteiger partial charge in [-0.3, -0.25) is 0 Å². The molecule has 0 radical (unpaired) electrons. The maximum atomic E-state index is 3.65. The molecule has 2 atom stereocenters. The lowest BCUT2D eigenvalue weighted by Crippen LogP contribution is -2.43. The second-order valence-corrected chi connectivity index (χ2v) is 4.84. The molecule has 0 aromatic heterocycles. The summed E-state index contributed by atoms with van der Waals surface area (Å²) in [5, 5.41) is 7.15. The molecule has 1 rings (SSSR count). The molecule has 1 heterocycles. The van der Waals surface area contributed by atoms with Crippen LogP contribution >= 0.6 is 0 Å². The molecular formula is C13H30N2. The predicted octanol–water partition coefficient (Wildman–Crippen LogP) is 2.50. The molecule has 0 aromatic carbocycles. The molecule has 0 spiro atoms. The van der Waals surface area contributed by atoms with Crippen LogP contribution in [0, 0.1) is 17.8 Å². The topological polar surface area (TPSA) is 24.1 Å². The molecule has 0 saturated carbocycles. The zero-order chi connectivity index (χ0) is 11.8. The summed E-state index contributed by atoms with van der Waals surface area (Å²) in [6.07, 6.45) is 0. The third-order valence-electron chi connectivity index (χ3n) is 3.10. The van der Waals surface area contributed by atoms with E-state index in [1.165, 1.54) is 6.54 Å². The minimum Gasteiger partial charge on any atom is -0.315 e. The van der Waals surface area contributed by atoms with Crippen LogP contribution in [0.4, 0.5) is 0 Å². The van der Waals surface area contributed by atoms with Crippen LogP contribution < -0.4 is 10.6 Å². The number of rotatable bonds is 2. The Morgan fingerprint density at radius 1 is 0.933 bits per heavy atom. The van der Waals surface area contributed by atoms with Gasteiger partial charge in [0.2, 0.25) is 0 Å². The molecule has 0 bridgehead atoms. The monoisotopic (exact) mass is 214 g/mol. The van der Waals surface area contributed by atoms with Crippen molar-refractivity contribution in [2.75, 3.05) is 19.6 Å². The number of hydrogen-bond acceptors (Lipinski definition) is 2. The lowest BCUT2D eigenvalue weighted by molar-refractivity contribution is 0.241. The van der Waals surface area contributed by atoms with Gasteiger partial charge < -0.3 is 10.6 Å². The van der Waals surface area contributed by atoms with Crippen molar-refractivity contribution in [2.24, 2.45) is 17.8 Å². The van der Waals surface area contributed by atoms with Gasteiger partial charge in [-0.25, -0.2) is 0 Å². The minimum atomic E-state index is 0.690. The van der Waals surface area contributed by atoms with E-state index in [4.69, 9.17) is 0 Å². The molecular weight excluding hydrogens is 184 g/mol. The van der Waals surface area contributed by atoms with Crippen LogP contribution in [-0.2, 0) is 0 Å². The van der Waals surface area contributed by atoms with Gasteiger partial charge in [0.05, 0.1) is 0 Å². The van der Waals surface area contributed by atoms with Gasteiger partial charge in [0.1, 0.15) is 0 Å². The first kappa shape index (κ1) is 14.9. The van der Waals surface area contributed by atoms with Crippen LogP contribution in [0.1, 0.15) is 41.5 Å². The van der Waals surface area contributed by atoms with Gasteiger partial charge in [-0.05, 0) is 24.3 Å². The maximum Gasteiger partial charge on any atom is 0.0133 e. The standard InChI is InChI=1S/C11H24N2.C2H6/c1-8(2)10-7-12-5-6-13-11(10)9(3)4;1-2/h8-13H,5-7H2,1-4H3;1-2H3. The van der Waals surface area contributed by atoms with E-state index in [9.17, 15) is 0 Å². The van der Waals surface area contributed by atoms with E-state index in [-0.39, 0.29) is 0 Å². The summed E-state index contributed by atoms with van der Waals surface area (Å²) in [4.78, 5) is 0. The Hall–Kier alpha value is -0.0800. The third kappa shape index (κ3) is 4.98. The van der Waals surface area contributed by atoms with Crippen molar-refractivity contribution in [1.29, 1.82) is 0 Å². The quantitative estimate of drug-likeness (QED) is 0.738. The van der Waals surface area contributed by atoms with Gasteiger partial charge in [-0.15, -0.1) is 0 Å². The lowest BCUT2D eigenvalue weighted by Gasteiger charge is -2.31. The summed E-state index contributed by atoms with van der Waals surface area (Å²) in [5.41, 5.74) is 0. The molecule has 2 unspecified atom stereocenters. The van der Waals surface area contributed by atoms with Crippen LogP contribution in [0.5, 0.6) is 0 Å². The van der Waals surface area contributed by atoms with E-state index in [1.807, 2.05) is 13.8 Å². The Balaban J connectivity index is 0.000000921.